The molecule has 2 aromatic rings. The summed E-state index contributed by atoms with van der Waals surface area (Å²) in [7, 11) is 3.35. The lowest BCUT2D eigenvalue weighted by Crippen LogP contribution is -2.00. The molecular weight excluding hydrogens is 244 g/mol. The maximum atomic E-state index is 11.3. The fraction of sp³-hybridized carbons (Fsp3) is 0.286. The van der Waals surface area contributed by atoms with Crippen LogP contribution < -0.4 is 4.74 Å². The van der Waals surface area contributed by atoms with E-state index in [9.17, 15) is 9.90 Å². The Morgan fingerprint density at radius 2 is 2.05 bits per heavy atom. The van der Waals surface area contributed by atoms with Crippen molar-refractivity contribution in [3.8, 4) is 16.9 Å². The van der Waals surface area contributed by atoms with Gasteiger partial charge >= 0.3 is 5.97 Å². The van der Waals surface area contributed by atoms with Gasteiger partial charge in [0.25, 0.3) is 0 Å². The lowest BCUT2D eigenvalue weighted by Gasteiger charge is -2.08. The molecule has 0 saturated carbocycles. The van der Waals surface area contributed by atoms with Crippen molar-refractivity contribution in [2.45, 2.75) is 13.8 Å². The first-order valence-electron chi connectivity index (χ1n) is 5.87. The van der Waals surface area contributed by atoms with Crippen LogP contribution in [0.25, 0.3) is 11.1 Å². The number of nitrogens with zero attached hydrogens (tertiary/aromatic N) is 2. The van der Waals surface area contributed by atoms with Crippen LogP contribution in [0.1, 0.15) is 21.7 Å². The average Bonchev–Trinajstić information content (AvgIpc) is 2.66. The van der Waals surface area contributed by atoms with E-state index in [0.717, 1.165) is 22.6 Å². The maximum Gasteiger partial charge on any atom is 0.357 e. The molecule has 5 heteroatoms. The highest BCUT2D eigenvalue weighted by atomic mass is 16.5. The second-order valence-corrected chi connectivity index (χ2v) is 4.42. The standard InChI is InChI=1S/C14H16N2O3/c1-8-7-10(5-6-11(8)19-4)12-9(2)16(3)15-13(12)14(17)18/h5-7H,1-4H3,(H,17,18). The Labute approximate surface area is 111 Å². The van der Waals surface area contributed by atoms with Gasteiger partial charge in [0.15, 0.2) is 5.69 Å². The second kappa shape index (κ2) is 4.76. The van der Waals surface area contributed by atoms with Crippen LogP contribution in [0.15, 0.2) is 18.2 Å². The number of carboxylic acid groups (broad SMARTS) is 1. The molecule has 1 heterocycles. The van der Waals surface area contributed by atoms with Gasteiger partial charge in [-0.2, -0.15) is 5.10 Å². The number of methoxy groups -OCH3 is 1. The molecule has 1 aromatic heterocycles. The van der Waals surface area contributed by atoms with E-state index >= 15 is 0 Å². The molecule has 0 unspecified atom stereocenters. The van der Waals surface area contributed by atoms with Gasteiger partial charge in [-0.05, 0) is 37.1 Å². The normalized spacial score (nSPS) is 10.5. The van der Waals surface area contributed by atoms with Crippen molar-refractivity contribution in [1.29, 1.82) is 0 Å². The molecule has 0 saturated heterocycles. The van der Waals surface area contributed by atoms with Crippen LogP contribution in [0.2, 0.25) is 0 Å². The third-order valence-corrected chi connectivity index (χ3v) is 3.22. The van der Waals surface area contributed by atoms with E-state index in [-0.39, 0.29) is 5.69 Å². The van der Waals surface area contributed by atoms with Crippen molar-refractivity contribution in [3.63, 3.8) is 0 Å². The van der Waals surface area contributed by atoms with E-state index in [1.807, 2.05) is 32.0 Å². The summed E-state index contributed by atoms with van der Waals surface area (Å²) in [6, 6.07) is 5.60. The van der Waals surface area contributed by atoms with Crippen molar-refractivity contribution in [1.82, 2.24) is 9.78 Å². The number of carboxylic acids is 1. The molecule has 0 amide bonds. The fourth-order valence-corrected chi connectivity index (χ4v) is 2.14. The molecule has 1 N–H and O–H groups in total. The van der Waals surface area contributed by atoms with Crippen molar-refractivity contribution in [3.05, 3.63) is 35.2 Å². The van der Waals surface area contributed by atoms with E-state index in [0.29, 0.717) is 5.56 Å². The first kappa shape index (κ1) is 13.1. The molecule has 0 bridgehead atoms. The SMILES string of the molecule is COc1ccc(-c2c(C(=O)O)nn(C)c2C)cc1C. The van der Waals surface area contributed by atoms with Crippen LogP contribution in [0, 0.1) is 13.8 Å². The Bertz CT molecular complexity index is 644. The topological polar surface area (TPSA) is 64.3 Å². The summed E-state index contributed by atoms with van der Waals surface area (Å²) in [6.45, 7) is 3.78. The van der Waals surface area contributed by atoms with Gasteiger partial charge in [-0.3, -0.25) is 4.68 Å². The highest BCUT2D eigenvalue weighted by Gasteiger charge is 2.20. The van der Waals surface area contributed by atoms with E-state index in [1.165, 1.54) is 0 Å². The fourth-order valence-electron chi connectivity index (χ4n) is 2.14. The number of ether oxygens (including phenoxy) is 1. The predicted octanol–water partition coefficient (Wildman–Crippen LogP) is 2.41. The van der Waals surface area contributed by atoms with E-state index in [4.69, 9.17) is 4.74 Å². The van der Waals surface area contributed by atoms with E-state index in [2.05, 4.69) is 5.10 Å². The summed E-state index contributed by atoms with van der Waals surface area (Å²) in [6.07, 6.45) is 0. The number of rotatable bonds is 3. The summed E-state index contributed by atoms with van der Waals surface area (Å²) in [5, 5.41) is 13.3. The van der Waals surface area contributed by atoms with Gasteiger partial charge in [0.1, 0.15) is 5.75 Å². The smallest absolute Gasteiger partial charge is 0.357 e. The summed E-state index contributed by atoms with van der Waals surface area (Å²) in [4.78, 5) is 11.3. The van der Waals surface area contributed by atoms with Gasteiger partial charge in [-0.25, -0.2) is 4.79 Å². The Morgan fingerprint density at radius 3 is 2.58 bits per heavy atom. The molecule has 0 radical (unpaired) electrons. The minimum absolute atomic E-state index is 0.0737. The first-order valence-corrected chi connectivity index (χ1v) is 5.87. The average molecular weight is 260 g/mol. The molecule has 0 atom stereocenters. The molecule has 0 fully saturated rings. The van der Waals surface area contributed by atoms with Crippen LogP contribution >= 0.6 is 0 Å². The number of hydrogen-bond donors (Lipinski definition) is 1. The number of benzene rings is 1. The number of hydrogen-bond acceptors (Lipinski definition) is 3. The van der Waals surface area contributed by atoms with Crippen LogP contribution in [0.4, 0.5) is 0 Å². The molecule has 19 heavy (non-hydrogen) atoms. The summed E-state index contributed by atoms with van der Waals surface area (Å²) in [5.41, 5.74) is 3.34. The number of carbonyl (C=O) groups is 1. The van der Waals surface area contributed by atoms with Gasteiger partial charge < -0.3 is 9.84 Å². The third kappa shape index (κ3) is 2.19. The van der Waals surface area contributed by atoms with Gasteiger partial charge in [-0.1, -0.05) is 6.07 Å². The zero-order chi connectivity index (χ0) is 14.2. The zero-order valence-electron chi connectivity index (χ0n) is 11.4. The molecule has 0 aliphatic carbocycles. The van der Waals surface area contributed by atoms with Gasteiger partial charge in [0.05, 0.1) is 7.11 Å². The number of aryl methyl sites for hydroxylation is 2. The summed E-state index contributed by atoms with van der Waals surface area (Å²) < 4.78 is 6.79. The second-order valence-electron chi connectivity index (χ2n) is 4.42. The molecule has 0 spiro atoms. The molecule has 100 valence electrons. The van der Waals surface area contributed by atoms with E-state index in [1.54, 1.807) is 18.8 Å². The molecule has 0 aliphatic rings. The molecular formula is C14H16N2O3. The summed E-state index contributed by atoms with van der Waals surface area (Å²) in [5.74, 6) is -0.241. The first-order chi connectivity index (χ1) is 8.95. The third-order valence-electron chi connectivity index (χ3n) is 3.22. The molecule has 5 nitrogen and oxygen atoms in total. The number of aromatic carboxylic acids is 1. The minimum atomic E-state index is -1.02. The summed E-state index contributed by atoms with van der Waals surface area (Å²) >= 11 is 0. The number of aromatic nitrogens is 2. The largest absolute Gasteiger partial charge is 0.496 e. The Hall–Kier alpha value is -2.30. The van der Waals surface area contributed by atoms with Crippen LogP contribution in [-0.2, 0) is 7.05 Å². The van der Waals surface area contributed by atoms with Crippen LogP contribution in [0.3, 0.4) is 0 Å². The van der Waals surface area contributed by atoms with Gasteiger partial charge in [0.2, 0.25) is 0 Å². The Morgan fingerprint density at radius 1 is 1.37 bits per heavy atom. The molecule has 0 aliphatic heterocycles. The van der Waals surface area contributed by atoms with Crippen molar-refractivity contribution >= 4 is 5.97 Å². The van der Waals surface area contributed by atoms with Crippen LogP contribution in [-0.4, -0.2) is 28.0 Å². The Kier molecular flexibility index (Phi) is 3.29. The van der Waals surface area contributed by atoms with Crippen LogP contribution in [0.5, 0.6) is 5.75 Å². The van der Waals surface area contributed by atoms with Crippen molar-refractivity contribution in [2.75, 3.05) is 7.11 Å². The molecule has 2 rings (SSSR count). The van der Waals surface area contributed by atoms with E-state index < -0.39 is 5.97 Å². The lowest BCUT2D eigenvalue weighted by atomic mass is 10.0. The highest BCUT2D eigenvalue weighted by molar-refractivity contribution is 5.95. The lowest BCUT2D eigenvalue weighted by molar-refractivity contribution is 0.0690. The minimum Gasteiger partial charge on any atom is -0.496 e. The Balaban J connectivity index is 2.64. The highest BCUT2D eigenvalue weighted by Crippen LogP contribution is 2.30. The predicted molar refractivity (Wildman–Crippen MR) is 71.6 cm³/mol. The van der Waals surface area contributed by atoms with Gasteiger partial charge in [-0.15, -0.1) is 0 Å². The van der Waals surface area contributed by atoms with Crippen molar-refractivity contribution < 1.29 is 14.6 Å². The maximum absolute atomic E-state index is 11.3. The monoisotopic (exact) mass is 260 g/mol. The van der Waals surface area contributed by atoms with Crippen molar-refractivity contribution in [2.24, 2.45) is 7.05 Å². The van der Waals surface area contributed by atoms with Gasteiger partial charge in [0, 0.05) is 18.3 Å². The molecule has 1 aromatic carbocycles. The zero-order valence-corrected chi connectivity index (χ0v) is 11.4. The quantitative estimate of drug-likeness (QED) is 0.920.